The molecule has 1 aliphatic carbocycles. The van der Waals surface area contributed by atoms with Crippen molar-refractivity contribution in [3.63, 3.8) is 0 Å². The summed E-state index contributed by atoms with van der Waals surface area (Å²) in [6, 6.07) is 8.05. The number of nitrogens with one attached hydrogen (secondary N) is 1. The van der Waals surface area contributed by atoms with Crippen LogP contribution in [-0.2, 0) is 25.5 Å². The number of nitrogens with zero attached hydrogens (tertiary/aromatic N) is 2. The van der Waals surface area contributed by atoms with Crippen molar-refractivity contribution < 1.29 is 23.8 Å². The van der Waals surface area contributed by atoms with Gasteiger partial charge in [0.2, 0.25) is 11.8 Å². The van der Waals surface area contributed by atoms with E-state index in [0.717, 1.165) is 56.5 Å². The predicted octanol–water partition coefficient (Wildman–Crippen LogP) is 1.57. The van der Waals surface area contributed by atoms with E-state index in [0.29, 0.717) is 39.3 Å². The minimum atomic E-state index is -0.391. The van der Waals surface area contributed by atoms with E-state index < -0.39 is 5.79 Å². The van der Waals surface area contributed by atoms with Crippen LogP contribution in [0.15, 0.2) is 24.3 Å². The highest BCUT2D eigenvalue weighted by Gasteiger charge is 2.40. The van der Waals surface area contributed by atoms with Crippen LogP contribution in [0.2, 0.25) is 0 Å². The molecule has 2 saturated heterocycles. The summed E-state index contributed by atoms with van der Waals surface area (Å²) in [5.41, 5.74) is 1.13. The Morgan fingerprint density at radius 2 is 1.72 bits per heavy atom. The van der Waals surface area contributed by atoms with Gasteiger partial charge in [-0.3, -0.25) is 14.5 Å². The lowest BCUT2D eigenvalue weighted by molar-refractivity contribution is -0.180. The van der Waals surface area contributed by atoms with Gasteiger partial charge in [-0.1, -0.05) is 12.1 Å². The smallest absolute Gasteiger partial charge is 0.234 e. The number of amides is 2. The summed E-state index contributed by atoms with van der Waals surface area (Å²) < 4.78 is 16.7. The fraction of sp³-hybridized carbons (Fsp3) is 0.667. The molecule has 2 aliphatic heterocycles. The summed E-state index contributed by atoms with van der Waals surface area (Å²) in [6.45, 7) is 4.56. The minimum absolute atomic E-state index is 0.0680. The molecule has 1 N–H and O–H groups in total. The number of piperazine rings is 1. The third-order valence-corrected chi connectivity index (χ3v) is 6.80. The molecule has 8 nitrogen and oxygen atoms in total. The van der Waals surface area contributed by atoms with Gasteiger partial charge in [0.15, 0.2) is 5.79 Å². The van der Waals surface area contributed by atoms with Gasteiger partial charge in [-0.25, -0.2) is 0 Å². The average molecular weight is 446 g/mol. The molecule has 3 aliphatic rings. The first kappa shape index (κ1) is 23.0. The maximum Gasteiger partial charge on any atom is 0.234 e. The summed E-state index contributed by atoms with van der Waals surface area (Å²) in [7, 11) is 1.65. The highest BCUT2D eigenvalue weighted by atomic mass is 16.7. The minimum Gasteiger partial charge on any atom is -0.497 e. The van der Waals surface area contributed by atoms with Gasteiger partial charge < -0.3 is 24.4 Å². The Morgan fingerprint density at radius 1 is 1.06 bits per heavy atom. The van der Waals surface area contributed by atoms with Crippen molar-refractivity contribution in [2.75, 3.05) is 53.0 Å². The highest BCUT2D eigenvalue weighted by Crippen LogP contribution is 2.35. The highest BCUT2D eigenvalue weighted by molar-refractivity contribution is 5.78. The van der Waals surface area contributed by atoms with Crippen LogP contribution in [0, 0.1) is 0 Å². The molecular weight excluding hydrogens is 410 g/mol. The lowest BCUT2D eigenvalue weighted by Crippen LogP contribution is -2.52. The molecule has 8 heteroatoms. The molecule has 0 unspecified atom stereocenters. The molecule has 4 rings (SSSR count). The Morgan fingerprint density at radius 3 is 2.34 bits per heavy atom. The first-order valence-electron chi connectivity index (χ1n) is 11.8. The van der Waals surface area contributed by atoms with Gasteiger partial charge in [0, 0.05) is 51.5 Å². The quantitative estimate of drug-likeness (QED) is 0.686. The van der Waals surface area contributed by atoms with Crippen LogP contribution in [0.3, 0.4) is 0 Å². The number of carbonyl (C=O) groups is 2. The standard InChI is InChI=1S/C24H35N3O5/c1-30-21-5-2-19(3-6-21)4-7-23(29)27-14-12-26(13-15-27)18-22(28)25-20-8-10-24(11-9-20)31-16-17-32-24/h2-3,5-6,20H,4,7-18H2,1H3,(H,25,28). The maximum atomic E-state index is 12.6. The van der Waals surface area contributed by atoms with Crippen molar-refractivity contribution in [3.05, 3.63) is 29.8 Å². The largest absolute Gasteiger partial charge is 0.497 e. The predicted molar refractivity (Wildman–Crippen MR) is 119 cm³/mol. The van der Waals surface area contributed by atoms with Crippen molar-refractivity contribution in [3.8, 4) is 5.75 Å². The van der Waals surface area contributed by atoms with Crippen LogP contribution in [0.5, 0.6) is 5.75 Å². The van der Waals surface area contributed by atoms with Gasteiger partial charge in [-0.15, -0.1) is 0 Å². The first-order valence-corrected chi connectivity index (χ1v) is 11.8. The second-order valence-electron chi connectivity index (χ2n) is 8.95. The van der Waals surface area contributed by atoms with Gasteiger partial charge in [-0.2, -0.15) is 0 Å². The van der Waals surface area contributed by atoms with Gasteiger partial charge in [0.1, 0.15) is 5.75 Å². The number of ether oxygens (including phenoxy) is 3. The number of aryl methyl sites for hydroxylation is 1. The molecule has 32 heavy (non-hydrogen) atoms. The fourth-order valence-corrected chi connectivity index (χ4v) is 4.82. The lowest BCUT2D eigenvalue weighted by Gasteiger charge is -2.37. The summed E-state index contributed by atoms with van der Waals surface area (Å²) in [6.07, 6.45) is 4.70. The Bertz CT molecular complexity index is 760. The Kier molecular flexibility index (Phi) is 7.65. The van der Waals surface area contributed by atoms with Gasteiger partial charge in [-0.05, 0) is 37.0 Å². The van der Waals surface area contributed by atoms with Crippen molar-refractivity contribution in [1.82, 2.24) is 15.1 Å². The van der Waals surface area contributed by atoms with E-state index in [1.54, 1.807) is 7.11 Å². The van der Waals surface area contributed by atoms with Crippen LogP contribution < -0.4 is 10.1 Å². The molecule has 0 aromatic heterocycles. The summed E-state index contributed by atoms with van der Waals surface area (Å²) >= 11 is 0. The van der Waals surface area contributed by atoms with Crippen molar-refractivity contribution in [2.24, 2.45) is 0 Å². The van der Waals surface area contributed by atoms with E-state index >= 15 is 0 Å². The lowest BCUT2D eigenvalue weighted by atomic mass is 9.90. The number of hydrogen-bond donors (Lipinski definition) is 1. The SMILES string of the molecule is COc1ccc(CCC(=O)N2CCN(CC(=O)NC3CCC4(CC3)OCCO4)CC2)cc1. The zero-order chi connectivity index (χ0) is 22.4. The van der Waals surface area contributed by atoms with E-state index in [9.17, 15) is 9.59 Å². The normalized spacial score (nSPS) is 21.6. The van der Waals surface area contributed by atoms with Gasteiger partial charge >= 0.3 is 0 Å². The molecule has 3 fully saturated rings. The topological polar surface area (TPSA) is 80.3 Å². The van der Waals surface area contributed by atoms with E-state index in [-0.39, 0.29) is 17.9 Å². The molecule has 1 spiro atoms. The van der Waals surface area contributed by atoms with Crippen molar-refractivity contribution in [1.29, 1.82) is 0 Å². The van der Waals surface area contributed by atoms with E-state index in [1.807, 2.05) is 29.2 Å². The van der Waals surface area contributed by atoms with Crippen LogP contribution >= 0.6 is 0 Å². The van der Waals surface area contributed by atoms with Crippen molar-refractivity contribution >= 4 is 11.8 Å². The zero-order valence-electron chi connectivity index (χ0n) is 19.0. The molecule has 2 heterocycles. The van der Waals surface area contributed by atoms with E-state index in [1.165, 1.54) is 0 Å². The second-order valence-corrected chi connectivity index (χ2v) is 8.95. The maximum absolute atomic E-state index is 12.6. The molecule has 1 aromatic rings. The molecule has 0 atom stereocenters. The Labute approximate surface area is 190 Å². The fourth-order valence-electron chi connectivity index (χ4n) is 4.82. The molecule has 1 saturated carbocycles. The summed E-state index contributed by atoms with van der Waals surface area (Å²) in [5, 5.41) is 3.17. The average Bonchev–Trinajstić information content (AvgIpc) is 3.28. The first-order chi connectivity index (χ1) is 15.5. The van der Waals surface area contributed by atoms with Gasteiger partial charge in [0.25, 0.3) is 0 Å². The summed E-state index contributed by atoms with van der Waals surface area (Å²) in [4.78, 5) is 29.1. The van der Waals surface area contributed by atoms with Crippen LogP contribution in [0.25, 0.3) is 0 Å². The molecular formula is C24H35N3O5. The van der Waals surface area contributed by atoms with Crippen molar-refractivity contribution in [2.45, 2.75) is 50.4 Å². The molecule has 176 valence electrons. The molecule has 1 aromatic carbocycles. The number of rotatable bonds is 7. The van der Waals surface area contributed by atoms with Gasteiger partial charge in [0.05, 0.1) is 26.9 Å². The summed E-state index contributed by atoms with van der Waals surface area (Å²) in [5.74, 6) is 0.678. The Balaban J connectivity index is 1.12. The third kappa shape index (κ3) is 5.99. The third-order valence-electron chi connectivity index (χ3n) is 6.80. The Hall–Kier alpha value is -2.16. The zero-order valence-corrected chi connectivity index (χ0v) is 19.0. The second kappa shape index (κ2) is 10.6. The van der Waals surface area contributed by atoms with E-state index in [4.69, 9.17) is 14.2 Å². The number of benzene rings is 1. The number of hydrogen-bond acceptors (Lipinski definition) is 6. The van der Waals surface area contributed by atoms with Crippen LogP contribution in [0.4, 0.5) is 0 Å². The molecule has 2 amide bonds. The molecule has 0 radical (unpaired) electrons. The van der Waals surface area contributed by atoms with Crippen LogP contribution in [0.1, 0.15) is 37.7 Å². The number of carbonyl (C=O) groups excluding carboxylic acids is 2. The van der Waals surface area contributed by atoms with Crippen LogP contribution in [-0.4, -0.2) is 86.5 Å². The monoisotopic (exact) mass is 445 g/mol. The number of methoxy groups -OCH3 is 1. The molecule has 0 bridgehead atoms. The van der Waals surface area contributed by atoms with E-state index in [2.05, 4.69) is 10.2 Å².